The second kappa shape index (κ2) is 6.40. The van der Waals surface area contributed by atoms with Gasteiger partial charge in [-0.2, -0.15) is 10.3 Å². The molecule has 0 bridgehead atoms. The van der Waals surface area contributed by atoms with Crippen molar-refractivity contribution in [2.24, 2.45) is 0 Å². The molecule has 3 N–H and O–H groups in total. The molecule has 2 rings (SSSR count). The molecule has 5 nitrogen and oxygen atoms in total. The molecule has 0 radical (unpaired) electrons. The first-order valence-electron chi connectivity index (χ1n) is 6.99. The minimum atomic E-state index is -0.0282. The van der Waals surface area contributed by atoms with Gasteiger partial charge in [-0.15, -0.1) is 0 Å². The maximum atomic E-state index is 12.4. The summed E-state index contributed by atoms with van der Waals surface area (Å²) in [5.41, 5.74) is 1.53. The molecule has 0 aromatic heterocycles. The molecule has 1 aromatic carbocycles. The molecule has 20 heavy (non-hydrogen) atoms. The first-order chi connectivity index (χ1) is 9.61. The number of nitrogens with zero attached hydrogens (tertiary/aromatic N) is 3. The summed E-state index contributed by atoms with van der Waals surface area (Å²) < 4.78 is 0. The van der Waals surface area contributed by atoms with Gasteiger partial charge in [0.1, 0.15) is 0 Å². The molecule has 1 unspecified atom stereocenters. The Kier molecular flexibility index (Phi) is 4.59. The monoisotopic (exact) mass is 273 g/mol. The number of amides is 2. The van der Waals surface area contributed by atoms with E-state index in [0.29, 0.717) is 12.1 Å². The number of rotatable bonds is 2. The summed E-state index contributed by atoms with van der Waals surface area (Å²) in [5.74, 6) is 3.86. The van der Waals surface area contributed by atoms with Gasteiger partial charge in [0.25, 0.3) is 0 Å². The number of urea groups is 1. The van der Waals surface area contributed by atoms with Crippen molar-refractivity contribution < 1.29 is 10.6 Å². The predicted octanol–water partition coefficient (Wildman–Crippen LogP) is 1.51. The molecule has 1 aromatic rings. The van der Waals surface area contributed by atoms with Gasteiger partial charge in [0.15, 0.2) is 0 Å². The van der Waals surface area contributed by atoms with Crippen LogP contribution in [0.4, 0.5) is 4.79 Å². The van der Waals surface area contributed by atoms with E-state index in [1.807, 2.05) is 17.0 Å². The van der Waals surface area contributed by atoms with Crippen LogP contribution in [-0.4, -0.2) is 28.5 Å². The van der Waals surface area contributed by atoms with Crippen molar-refractivity contribution in [1.29, 1.82) is 5.26 Å². The van der Waals surface area contributed by atoms with Crippen LogP contribution < -0.4 is 5.84 Å². The van der Waals surface area contributed by atoms with Gasteiger partial charge in [0, 0.05) is 12.6 Å². The summed E-state index contributed by atoms with van der Waals surface area (Å²) in [6.07, 6.45) is 3.31. The fraction of sp³-hybridized carbons (Fsp3) is 0.467. The molecule has 1 saturated heterocycles. The summed E-state index contributed by atoms with van der Waals surface area (Å²) in [4.78, 5) is 14.3. The zero-order valence-corrected chi connectivity index (χ0v) is 11.9. The quantitative estimate of drug-likeness (QED) is 0.829. The number of nitriles is 1. The Labute approximate surface area is 119 Å². The Morgan fingerprint density at radius 3 is 3.05 bits per heavy atom. The molecular formula is C15H21N4O+. The highest BCUT2D eigenvalue weighted by atomic mass is 16.2. The fourth-order valence-electron chi connectivity index (χ4n) is 2.59. The van der Waals surface area contributed by atoms with Crippen molar-refractivity contribution in [2.75, 3.05) is 6.54 Å². The van der Waals surface area contributed by atoms with Crippen molar-refractivity contribution in [3.63, 3.8) is 0 Å². The molecule has 0 saturated carbocycles. The topological polar surface area (TPSA) is 75.0 Å². The normalized spacial score (nSPS) is 18.4. The molecule has 1 aliphatic rings. The summed E-state index contributed by atoms with van der Waals surface area (Å²) in [6, 6.07) is 9.65. The van der Waals surface area contributed by atoms with E-state index in [0.717, 1.165) is 24.9 Å². The summed E-state index contributed by atoms with van der Waals surface area (Å²) in [5, 5.41) is 10.4. The second-order valence-electron chi connectivity index (χ2n) is 5.33. The Balaban J connectivity index is 2.01. The summed E-state index contributed by atoms with van der Waals surface area (Å²) in [6.45, 7) is 3.32. The highest BCUT2D eigenvalue weighted by Gasteiger charge is 2.27. The average Bonchev–Trinajstić information content (AvgIpc) is 2.47. The van der Waals surface area contributed by atoms with E-state index >= 15 is 0 Å². The summed E-state index contributed by atoms with van der Waals surface area (Å²) >= 11 is 0. The van der Waals surface area contributed by atoms with Gasteiger partial charge in [0.2, 0.25) is 0 Å². The maximum absolute atomic E-state index is 12.4. The van der Waals surface area contributed by atoms with E-state index < -0.39 is 0 Å². The first-order valence-corrected chi connectivity index (χ1v) is 6.99. The molecule has 1 heterocycles. The standard InChI is InChI=1S/C15H20N4O/c1-12-5-2-3-8-18(12)15(20)19(17)11-14-7-4-6-13(9-14)10-16/h4,6-7,9,12H,2-3,5,8,11,17H2,1H3/p+1. The molecule has 0 spiro atoms. The van der Waals surface area contributed by atoms with Crippen molar-refractivity contribution in [1.82, 2.24) is 9.91 Å². The van der Waals surface area contributed by atoms with Gasteiger partial charge in [-0.1, -0.05) is 12.1 Å². The Morgan fingerprint density at radius 1 is 1.55 bits per heavy atom. The van der Waals surface area contributed by atoms with E-state index in [9.17, 15) is 4.79 Å². The van der Waals surface area contributed by atoms with Crippen molar-refractivity contribution in [3.8, 4) is 6.07 Å². The van der Waals surface area contributed by atoms with Gasteiger partial charge < -0.3 is 4.90 Å². The first kappa shape index (κ1) is 14.4. The second-order valence-corrected chi connectivity index (χ2v) is 5.33. The van der Waals surface area contributed by atoms with Gasteiger partial charge >= 0.3 is 6.03 Å². The zero-order valence-electron chi connectivity index (χ0n) is 11.9. The van der Waals surface area contributed by atoms with Crippen LogP contribution >= 0.6 is 0 Å². The minimum Gasteiger partial charge on any atom is -0.318 e. The molecule has 1 fully saturated rings. The minimum absolute atomic E-state index is 0.0282. The fourth-order valence-corrected chi connectivity index (χ4v) is 2.59. The maximum Gasteiger partial charge on any atom is 0.364 e. The molecule has 2 amide bonds. The van der Waals surface area contributed by atoms with Crippen LogP contribution in [0.15, 0.2) is 24.3 Å². The van der Waals surface area contributed by atoms with E-state index in [2.05, 4.69) is 18.8 Å². The SMILES string of the molecule is CC1CCCCN1C(=O)N([NH3+])Cc1cccc(C#N)c1. The number of hydrogen-bond donors (Lipinski definition) is 1. The van der Waals surface area contributed by atoms with E-state index in [1.54, 1.807) is 12.1 Å². The number of hydrogen-bond acceptors (Lipinski definition) is 2. The molecule has 0 aliphatic carbocycles. The lowest BCUT2D eigenvalue weighted by molar-refractivity contribution is -0.553. The van der Waals surface area contributed by atoms with Crippen LogP contribution in [0.3, 0.4) is 0 Å². The molecule has 1 aliphatic heterocycles. The zero-order chi connectivity index (χ0) is 14.5. The number of carbonyl (C=O) groups excluding carboxylic acids is 1. The van der Waals surface area contributed by atoms with Crippen molar-refractivity contribution >= 4 is 6.03 Å². The number of carbonyl (C=O) groups is 1. The largest absolute Gasteiger partial charge is 0.364 e. The van der Waals surface area contributed by atoms with Crippen LogP contribution in [0, 0.1) is 11.3 Å². The third-order valence-electron chi connectivity index (χ3n) is 3.75. The van der Waals surface area contributed by atoms with Crippen molar-refractivity contribution in [3.05, 3.63) is 35.4 Å². The highest BCUT2D eigenvalue weighted by molar-refractivity contribution is 5.73. The van der Waals surface area contributed by atoms with E-state index in [-0.39, 0.29) is 12.1 Å². The molecule has 5 heteroatoms. The number of piperidine rings is 1. The Morgan fingerprint density at radius 2 is 2.35 bits per heavy atom. The van der Waals surface area contributed by atoms with Gasteiger partial charge in [-0.25, -0.2) is 4.79 Å². The summed E-state index contributed by atoms with van der Waals surface area (Å²) in [7, 11) is 0. The van der Waals surface area contributed by atoms with Gasteiger partial charge in [-0.05, 0) is 43.9 Å². The van der Waals surface area contributed by atoms with Crippen molar-refractivity contribution in [2.45, 2.75) is 38.8 Å². The number of benzene rings is 1. The molecular weight excluding hydrogens is 252 g/mol. The van der Waals surface area contributed by atoms with E-state index in [4.69, 9.17) is 5.26 Å². The number of quaternary nitrogens is 1. The van der Waals surface area contributed by atoms with Crippen LogP contribution in [0.5, 0.6) is 0 Å². The third-order valence-corrected chi connectivity index (χ3v) is 3.75. The van der Waals surface area contributed by atoms with Crippen LogP contribution in [0.25, 0.3) is 0 Å². The molecule has 1 atom stereocenters. The number of likely N-dealkylation sites (tertiary alicyclic amines) is 1. The lowest BCUT2D eigenvalue weighted by atomic mass is 10.0. The Bertz CT molecular complexity index is 523. The van der Waals surface area contributed by atoms with Crippen LogP contribution in [0.2, 0.25) is 0 Å². The molecule has 106 valence electrons. The van der Waals surface area contributed by atoms with Gasteiger partial charge in [0.05, 0.1) is 18.2 Å². The lowest BCUT2D eigenvalue weighted by Crippen LogP contribution is -2.72. The highest BCUT2D eigenvalue weighted by Crippen LogP contribution is 2.17. The van der Waals surface area contributed by atoms with E-state index in [1.165, 1.54) is 11.4 Å². The van der Waals surface area contributed by atoms with Crippen LogP contribution in [-0.2, 0) is 6.54 Å². The third kappa shape index (κ3) is 3.28. The lowest BCUT2D eigenvalue weighted by Gasteiger charge is -2.34. The predicted molar refractivity (Wildman–Crippen MR) is 75.0 cm³/mol. The smallest absolute Gasteiger partial charge is 0.318 e. The Hall–Kier alpha value is -2.06. The van der Waals surface area contributed by atoms with Crippen LogP contribution in [0.1, 0.15) is 37.3 Å². The average molecular weight is 273 g/mol. The van der Waals surface area contributed by atoms with Gasteiger partial charge in [-0.3, -0.25) is 5.84 Å².